The van der Waals surface area contributed by atoms with Crippen molar-refractivity contribution in [3.63, 3.8) is 0 Å². The van der Waals surface area contributed by atoms with Crippen molar-refractivity contribution >= 4 is 29.4 Å². The van der Waals surface area contributed by atoms with E-state index in [9.17, 15) is 14.4 Å². The number of benzene rings is 1. The van der Waals surface area contributed by atoms with E-state index in [1.54, 1.807) is 36.1 Å². The highest BCUT2D eigenvalue weighted by Crippen LogP contribution is 2.21. The number of halogens is 1. The van der Waals surface area contributed by atoms with Crippen LogP contribution in [0, 0.1) is 11.8 Å². The van der Waals surface area contributed by atoms with Gasteiger partial charge in [-0.25, -0.2) is 0 Å². The average Bonchev–Trinajstić information content (AvgIpc) is 2.66. The van der Waals surface area contributed by atoms with Crippen LogP contribution in [0.25, 0.3) is 0 Å². The monoisotopic (exact) mass is 394 g/mol. The maximum atomic E-state index is 12.5. The van der Waals surface area contributed by atoms with Gasteiger partial charge in [0.2, 0.25) is 0 Å². The van der Waals surface area contributed by atoms with Crippen LogP contribution in [0.3, 0.4) is 0 Å². The Bertz CT molecular complexity index is 667. The van der Waals surface area contributed by atoms with Gasteiger partial charge in [0.25, 0.3) is 11.8 Å². The lowest BCUT2D eigenvalue weighted by Crippen LogP contribution is -2.42. The standard InChI is InChI=1S/C20H27ClN2O4/c1-13(2)12-22-18(24)14(3)27-20(26)16-8-10-23(11-9-16)19(25)15-4-6-17(21)7-5-15/h4-7,13-14,16H,8-12H2,1-3H3,(H,22,24)/t14-/m1/s1. The third-order valence-electron chi connectivity index (χ3n) is 4.55. The van der Waals surface area contributed by atoms with E-state index in [0.29, 0.717) is 49.0 Å². The Morgan fingerprint density at radius 1 is 1.15 bits per heavy atom. The second kappa shape index (κ2) is 9.74. The van der Waals surface area contributed by atoms with Gasteiger partial charge in [-0.05, 0) is 49.9 Å². The van der Waals surface area contributed by atoms with Gasteiger partial charge < -0.3 is 15.0 Å². The summed E-state index contributed by atoms with van der Waals surface area (Å²) in [5, 5.41) is 3.34. The van der Waals surface area contributed by atoms with E-state index in [1.807, 2.05) is 13.8 Å². The van der Waals surface area contributed by atoms with Gasteiger partial charge in [-0.15, -0.1) is 0 Å². The van der Waals surface area contributed by atoms with Gasteiger partial charge in [-0.3, -0.25) is 14.4 Å². The summed E-state index contributed by atoms with van der Waals surface area (Å²) in [6.07, 6.45) is 0.238. The van der Waals surface area contributed by atoms with E-state index in [4.69, 9.17) is 16.3 Å². The minimum atomic E-state index is -0.815. The predicted molar refractivity (Wildman–Crippen MR) is 103 cm³/mol. The lowest BCUT2D eigenvalue weighted by Gasteiger charge is -2.31. The second-order valence-corrected chi connectivity index (χ2v) is 7.73. The molecule has 1 N–H and O–H groups in total. The normalized spacial score (nSPS) is 16.1. The molecule has 2 amide bonds. The molecule has 1 saturated heterocycles. The highest BCUT2D eigenvalue weighted by atomic mass is 35.5. The van der Waals surface area contributed by atoms with Crippen LogP contribution in [0.2, 0.25) is 5.02 Å². The molecule has 0 radical (unpaired) electrons. The Balaban J connectivity index is 1.80. The number of ether oxygens (including phenoxy) is 1. The summed E-state index contributed by atoms with van der Waals surface area (Å²) in [7, 11) is 0. The van der Waals surface area contributed by atoms with E-state index in [2.05, 4.69) is 5.32 Å². The Morgan fingerprint density at radius 3 is 2.30 bits per heavy atom. The van der Waals surface area contributed by atoms with Crippen molar-refractivity contribution in [3.8, 4) is 0 Å². The molecule has 0 spiro atoms. The summed E-state index contributed by atoms with van der Waals surface area (Å²) in [6.45, 7) is 7.08. The first-order valence-electron chi connectivity index (χ1n) is 9.31. The Labute approximate surface area is 165 Å². The summed E-state index contributed by atoms with van der Waals surface area (Å²) in [4.78, 5) is 38.5. The molecule has 1 atom stereocenters. The number of piperidine rings is 1. The fourth-order valence-corrected chi connectivity index (χ4v) is 2.99. The minimum Gasteiger partial charge on any atom is -0.452 e. The number of nitrogens with one attached hydrogen (secondary N) is 1. The van der Waals surface area contributed by atoms with E-state index in [1.165, 1.54) is 0 Å². The lowest BCUT2D eigenvalue weighted by molar-refractivity contribution is -0.160. The maximum Gasteiger partial charge on any atom is 0.309 e. The Kier molecular flexibility index (Phi) is 7.66. The first-order chi connectivity index (χ1) is 12.8. The fraction of sp³-hybridized carbons (Fsp3) is 0.550. The number of rotatable bonds is 6. The first kappa shape index (κ1) is 21.2. The molecule has 0 bridgehead atoms. The number of hydrogen-bond donors (Lipinski definition) is 1. The number of esters is 1. The zero-order valence-corrected chi connectivity index (χ0v) is 16.8. The topological polar surface area (TPSA) is 75.7 Å². The van der Waals surface area contributed by atoms with Crippen LogP contribution in [0.15, 0.2) is 24.3 Å². The van der Waals surface area contributed by atoms with Gasteiger partial charge in [0.05, 0.1) is 5.92 Å². The highest BCUT2D eigenvalue weighted by molar-refractivity contribution is 6.30. The molecule has 1 heterocycles. The van der Waals surface area contributed by atoms with Crippen molar-refractivity contribution in [3.05, 3.63) is 34.9 Å². The van der Waals surface area contributed by atoms with Crippen LogP contribution < -0.4 is 5.32 Å². The molecule has 7 heteroatoms. The SMILES string of the molecule is CC(C)CNC(=O)[C@@H](C)OC(=O)C1CCN(C(=O)c2ccc(Cl)cc2)CC1. The first-order valence-corrected chi connectivity index (χ1v) is 9.68. The van der Waals surface area contributed by atoms with Crippen molar-refractivity contribution in [1.82, 2.24) is 10.2 Å². The van der Waals surface area contributed by atoms with Crippen molar-refractivity contribution in [2.45, 2.75) is 39.7 Å². The van der Waals surface area contributed by atoms with E-state index in [-0.39, 0.29) is 23.7 Å². The zero-order chi connectivity index (χ0) is 20.0. The summed E-state index contributed by atoms with van der Waals surface area (Å²) >= 11 is 5.85. The molecule has 1 aliphatic heterocycles. The van der Waals surface area contributed by atoms with Gasteiger partial charge in [0.15, 0.2) is 6.10 Å². The number of carbonyl (C=O) groups excluding carboxylic acids is 3. The predicted octanol–water partition coefficient (Wildman–Crippen LogP) is 2.90. The van der Waals surface area contributed by atoms with Crippen LogP contribution in [0.5, 0.6) is 0 Å². The van der Waals surface area contributed by atoms with E-state index in [0.717, 1.165) is 0 Å². The fourth-order valence-electron chi connectivity index (χ4n) is 2.87. The largest absolute Gasteiger partial charge is 0.452 e. The van der Waals surface area contributed by atoms with Gasteiger partial charge >= 0.3 is 5.97 Å². The molecule has 6 nitrogen and oxygen atoms in total. The average molecular weight is 395 g/mol. The lowest BCUT2D eigenvalue weighted by atomic mass is 9.96. The molecule has 0 aliphatic carbocycles. The number of carbonyl (C=O) groups is 3. The molecule has 1 aliphatic rings. The molecule has 148 valence electrons. The molecule has 0 aromatic heterocycles. The quantitative estimate of drug-likeness (QED) is 0.753. The number of amides is 2. The molecule has 0 saturated carbocycles. The molecule has 2 rings (SSSR count). The summed E-state index contributed by atoms with van der Waals surface area (Å²) in [5.41, 5.74) is 0.580. The molecule has 1 aromatic carbocycles. The Hall–Kier alpha value is -2.08. The Morgan fingerprint density at radius 2 is 1.74 bits per heavy atom. The highest BCUT2D eigenvalue weighted by Gasteiger charge is 2.30. The summed E-state index contributed by atoms with van der Waals surface area (Å²) in [6, 6.07) is 6.76. The van der Waals surface area contributed by atoms with Crippen molar-refractivity contribution in [1.29, 1.82) is 0 Å². The van der Waals surface area contributed by atoms with Gasteiger partial charge in [-0.2, -0.15) is 0 Å². The second-order valence-electron chi connectivity index (χ2n) is 7.29. The third-order valence-corrected chi connectivity index (χ3v) is 4.81. The van der Waals surface area contributed by atoms with Crippen LogP contribution >= 0.6 is 11.6 Å². The zero-order valence-electron chi connectivity index (χ0n) is 16.0. The van der Waals surface area contributed by atoms with Gasteiger partial charge in [-0.1, -0.05) is 25.4 Å². The van der Waals surface area contributed by atoms with Crippen molar-refractivity contribution in [2.24, 2.45) is 11.8 Å². The third kappa shape index (κ3) is 6.24. The molecule has 27 heavy (non-hydrogen) atoms. The number of nitrogens with zero attached hydrogens (tertiary/aromatic N) is 1. The van der Waals surface area contributed by atoms with Crippen LogP contribution in [0.1, 0.15) is 44.0 Å². The van der Waals surface area contributed by atoms with E-state index >= 15 is 0 Å². The van der Waals surface area contributed by atoms with Gasteiger partial charge in [0.1, 0.15) is 0 Å². The van der Waals surface area contributed by atoms with Crippen LogP contribution in [-0.2, 0) is 14.3 Å². The summed E-state index contributed by atoms with van der Waals surface area (Å²) < 4.78 is 5.31. The molecule has 1 fully saturated rings. The van der Waals surface area contributed by atoms with E-state index < -0.39 is 6.10 Å². The van der Waals surface area contributed by atoms with Crippen LogP contribution in [0.4, 0.5) is 0 Å². The van der Waals surface area contributed by atoms with Crippen LogP contribution in [-0.4, -0.2) is 48.4 Å². The minimum absolute atomic E-state index is 0.0695. The molecular weight excluding hydrogens is 368 g/mol. The maximum absolute atomic E-state index is 12.5. The molecule has 1 aromatic rings. The van der Waals surface area contributed by atoms with Crippen molar-refractivity contribution in [2.75, 3.05) is 19.6 Å². The smallest absolute Gasteiger partial charge is 0.309 e. The molecular formula is C20H27ClN2O4. The number of hydrogen-bond acceptors (Lipinski definition) is 4. The molecule has 0 unspecified atom stereocenters. The number of likely N-dealkylation sites (tertiary alicyclic amines) is 1. The summed E-state index contributed by atoms with van der Waals surface area (Å²) in [5.74, 6) is -0.688. The van der Waals surface area contributed by atoms with Gasteiger partial charge in [0, 0.05) is 30.2 Å². The van der Waals surface area contributed by atoms with Crippen molar-refractivity contribution < 1.29 is 19.1 Å².